The molecular formula is C34H34CoN7O8S2+. The second-order valence-corrected chi connectivity index (χ2v) is 14.2. The summed E-state index contributed by atoms with van der Waals surface area (Å²) in [5.41, 5.74) is 0.422. The standard InChI is InChI=1S/2C17H15N3O4S.Co.H3N/c2*1-18-25(23,24)12-7-9-15(21)14(10-12)19-20-17-13-5-3-2-4-11(13)6-8-16(17)22;;/h2*2-10,18,21-22H,1H3;;1H3/p+1. The molecule has 0 aromatic heterocycles. The van der Waals surface area contributed by atoms with Crippen molar-refractivity contribution < 1.29 is 54.0 Å². The molecule has 0 atom stereocenters. The average Bonchev–Trinajstić information content (AvgIpc) is 3.12. The molecule has 0 bridgehead atoms. The second-order valence-electron chi connectivity index (χ2n) is 10.4. The van der Waals surface area contributed by atoms with Gasteiger partial charge in [-0.15, -0.1) is 20.5 Å². The summed E-state index contributed by atoms with van der Waals surface area (Å²) in [5.74, 6) is -0.584. The van der Waals surface area contributed by atoms with E-state index in [1.54, 1.807) is 36.4 Å². The first-order valence-corrected chi connectivity index (χ1v) is 17.6. The Morgan fingerprint density at radius 2 is 0.827 bits per heavy atom. The number of sulfonamides is 2. The summed E-state index contributed by atoms with van der Waals surface area (Å²) in [6, 6.07) is 28.5. The molecule has 6 aromatic carbocycles. The fourth-order valence-corrected chi connectivity index (χ4v) is 6.14. The smallest absolute Gasteiger partial charge is 0.240 e. The molecule has 15 nitrogen and oxygen atoms in total. The number of nitrogens with zero attached hydrogens (tertiary/aromatic N) is 4. The molecule has 18 heteroatoms. The first-order chi connectivity index (χ1) is 23.8. The summed E-state index contributed by atoms with van der Waals surface area (Å²) in [4.78, 5) is -0.104. The molecule has 1 radical (unpaired) electrons. The van der Waals surface area contributed by atoms with Crippen LogP contribution in [-0.4, -0.2) is 51.4 Å². The van der Waals surface area contributed by atoms with Gasteiger partial charge in [-0.3, -0.25) is 0 Å². The molecule has 0 fully saturated rings. The zero-order valence-corrected chi connectivity index (χ0v) is 30.4. The van der Waals surface area contributed by atoms with Gasteiger partial charge in [0.25, 0.3) is 0 Å². The van der Waals surface area contributed by atoms with E-state index >= 15 is 0 Å². The van der Waals surface area contributed by atoms with Crippen LogP contribution in [0.15, 0.2) is 139 Å². The Morgan fingerprint density at radius 1 is 0.481 bits per heavy atom. The molecule has 0 amide bonds. The molecule has 0 saturated carbocycles. The van der Waals surface area contributed by atoms with E-state index in [-0.39, 0.29) is 78.5 Å². The number of phenolic OH excluding ortho intramolecular Hbond substituents is 4. The number of azo groups is 2. The van der Waals surface area contributed by atoms with Gasteiger partial charge in [-0.05, 0) is 73.4 Å². The van der Waals surface area contributed by atoms with E-state index in [9.17, 15) is 37.3 Å². The topological polar surface area (TPSA) is 259 Å². The van der Waals surface area contributed by atoms with E-state index < -0.39 is 20.0 Å². The van der Waals surface area contributed by atoms with Gasteiger partial charge in [0.1, 0.15) is 45.7 Å². The predicted octanol–water partition coefficient (Wildman–Crippen LogP) is 7.52. The van der Waals surface area contributed by atoms with Crippen molar-refractivity contribution in [2.24, 2.45) is 20.5 Å². The number of benzene rings is 6. The maximum Gasteiger partial charge on any atom is 0.240 e. The minimum atomic E-state index is -3.68. The van der Waals surface area contributed by atoms with Crippen molar-refractivity contribution in [3.05, 3.63) is 109 Å². The summed E-state index contributed by atoms with van der Waals surface area (Å²) in [5, 5.41) is 58.9. The van der Waals surface area contributed by atoms with Crippen LogP contribution in [0.3, 0.4) is 0 Å². The van der Waals surface area contributed by atoms with Gasteiger partial charge in [0.05, 0.1) is 9.79 Å². The van der Waals surface area contributed by atoms with E-state index in [0.29, 0.717) is 10.8 Å². The fraction of sp³-hybridized carbons (Fsp3) is 0.0588. The summed E-state index contributed by atoms with van der Waals surface area (Å²) >= 11 is 0. The number of quaternary nitrogens is 1. The van der Waals surface area contributed by atoms with E-state index in [1.807, 2.05) is 24.3 Å². The van der Waals surface area contributed by atoms with E-state index in [4.69, 9.17) is 0 Å². The fourth-order valence-electron chi connectivity index (χ4n) is 4.64. The van der Waals surface area contributed by atoms with Gasteiger partial charge in [0, 0.05) is 27.6 Å². The third kappa shape index (κ3) is 9.05. The third-order valence-electron chi connectivity index (χ3n) is 7.33. The molecule has 273 valence electrons. The van der Waals surface area contributed by atoms with Crippen molar-refractivity contribution in [1.29, 1.82) is 0 Å². The molecule has 0 aliphatic rings. The number of rotatable bonds is 8. The predicted molar refractivity (Wildman–Crippen MR) is 194 cm³/mol. The van der Waals surface area contributed by atoms with Gasteiger partial charge in [0.2, 0.25) is 20.0 Å². The Kier molecular flexibility index (Phi) is 13.5. The maximum absolute atomic E-state index is 11.9. The Labute approximate surface area is 309 Å². The first-order valence-electron chi connectivity index (χ1n) is 14.6. The Hall–Kier alpha value is -5.47. The summed E-state index contributed by atoms with van der Waals surface area (Å²) < 4.78 is 51.8. The molecule has 0 saturated heterocycles. The van der Waals surface area contributed by atoms with Gasteiger partial charge < -0.3 is 26.6 Å². The minimum Gasteiger partial charge on any atom is -0.506 e. The van der Waals surface area contributed by atoms with Crippen LogP contribution in [0.4, 0.5) is 22.7 Å². The molecule has 0 heterocycles. The van der Waals surface area contributed by atoms with Gasteiger partial charge in [0.15, 0.2) is 0 Å². The van der Waals surface area contributed by atoms with Crippen LogP contribution in [0.2, 0.25) is 0 Å². The number of hydrogen-bond acceptors (Lipinski definition) is 12. The molecule has 0 spiro atoms. The monoisotopic (exact) mass is 791 g/mol. The molecule has 6 rings (SSSR count). The summed E-state index contributed by atoms with van der Waals surface area (Å²) in [7, 11) is -4.77. The number of fused-ring (bicyclic) bond motifs is 2. The first kappa shape index (κ1) is 41.0. The third-order valence-corrected chi connectivity index (χ3v) is 10.1. The van der Waals surface area contributed by atoms with Crippen LogP contribution in [0.1, 0.15) is 0 Å². The van der Waals surface area contributed by atoms with E-state index in [2.05, 4.69) is 29.9 Å². The molecule has 0 unspecified atom stereocenters. The molecular weight excluding hydrogens is 757 g/mol. The Morgan fingerprint density at radius 3 is 1.19 bits per heavy atom. The summed E-state index contributed by atoms with van der Waals surface area (Å²) in [6.07, 6.45) is 0. The van der Waals surface area contributed by atoms with Crippen molar-refractivity contribution in [3.8, 4) is 23.0 Å². The van der Waals surface area contributed by atoms with Crippen molar-refractivity contribution >= 4 is 64.3 Å². The molecule has 52 heavy (non-hydrogen) atoms. The van der Waals surface area contributed by atoms with Crippen LogP contribution in [0.25, 0.3) is 21.5 Å². The molecule has 0 aliphatic heterocycles. The zero-order chi connectivity index (χ0) is 36.1. The van der Waals surface area contributed by atoms with Crippen LogP contribution in [-0.2, 0) is 36.8 Å². The number of nitrogens with one attached hydrogen (secondary N) is 2. The van der Waals surface area contributed by atoms with Crippen LogP contribution >= 0.6 is 0 Å². The zero-order valence-electron chi connectivity index (χ0n) is 27.8. The van der Waals surface area contributed by atoms with Crippen molar-refractivity contribution in [1.82, 2.24) is 15.6 Å². The largest absolute Gasteiger partial charge is 0.506 e. The van der Waals surface area contributed by atoms with Crippen LogP contribution in [0.5, 0.6) is 23.0 Å². The van der Waals surface area contributed by atoms with E-state index in [1.165, 1.54) is 62.6 Å². The van der Waals surface area contributed by atoms with Crippen LogP contribution in [0, 0.1) is 0 Å². The van der Waals surface area contributed by atoms with E-state index in [0.717, 1.165) is 10.8 Å². The summed E-state index contributed by atoms with van der Waals surface area (Å²) in [6.45, 7) is 0. The minimum absolute atomic E-state index is 0. The second kappa shape index (κ2) is 17.2. The van der Waals surface area contributed by atoms with Gasteiger partial charge in [-0.2, -0.15) is 0 Å². The number of hydrogen-bond donors (Lipinski definition) is 7. The van der Waals surface area contributed by atoms with Gasteiger partial charge in [-0.25, -0.2) is 26.3 Å². The Balaban J connectivity index is 0.000000270. The SMILES string of the molecule is CNS(=O)(=O)c1ccc(O)c(N=Nc2c(O)ccc3ccccc23)c1.CNS(=O)(=O)c1ccc(O)c(N=Nc2c(O)ccc3ccccc23)c1.[Co].[NH4+]. The van der Waals surface area contributed by atoms with Crippen molar-refractivity contribution in [2.75, 3.05) is 14.1 Å². The molecule has 10 N–H and O–H groups in total. The quantitative estimate of drug-likeness (QED) is 0.0756. The molecule has 0 aliphatic carbocycles. The van der Waals surface area contributed by atoms with Gasteiger partial charge >= 0.3 is 0 Å². The van der Waals surface area contributed by atoms with Gasteiger partial charge in [-0.1, -0.05) is 60.7 Å². The number of aromatic hydroxyl groups is 4. The normalized spacial score (nSPS) is 11.6. The average molecular weight is 792 g/mol. The number of phenols is 4. The van der Waals surface area contributed by atoms with Crippen molar-refractivity contribution in [3.63, 3.8) is 0 Å². The van der Waals surface area contributed by atoms with Crippen molar-refractivity contribution in [2.45, 2.75) is 9.79 Å². The Bertz CT molecular complexity index is 2340. The van der Waals surface area contributed by atoms with Crippen LogP contribution < -0.4 is 15.6 Å². The maximum atomic E-state index is 11.9. The molecule has 6 aromatic rings.